The Morgan fingerprint density at radius 2 is 2.25 bits per heavy atom. The van der Waals surface area contributed by atoms with Crippen molar-refractivity contribution in [3.05, 3.63) is 24.2 Å². The zero-order chi connectivity index (χ0) is 11.1. The van der Waals surface area contributed by atoms with Gasteiger partial charge in [0.25, 0.3) is 0 Å². The lowest BCUT2D eigenvalue weighted by Crippen LogP contribution is -2.23. The lowest BCUT2D eigenvalue weighted by molar-refractivity contribution is 0.499. The number of hydrogen-bond acceptors (Lipinski definition) is 3. The minimum atomic E-state index is 0.954. The van der Waals surface area contributed by atoms with E-state index in [2.05, 4.69) is 5.32 Å². The van der Waals surface area contributed by atoms with Crippen molar-refractivity contribution in [2.75, 3.05) is 18.8 Å². The first-order valence-electron chi connectivity index (χ1n) is 6.26. The summed E-state index contributed by atoms with van der Waals surface area (Å²) in [5.74, 6) is 4.21. The van der Waals surface area contributed by atoms with Gasteiger partial charge in [-0.05, 0) is 37.4 Å². The Bertz CT molecular complexity index is 267. The molecular weight excluding hydrogens is 218 g/mol. The molecule has 16 heavy (non-hydrogen) atoms. The Kier molecular flexibility index (Phi) is 5.29. The van der Waals surface area contributed by atoms with Crippen LogP contribution in [0.2, 0.25) is 0 Å². The maximum atomic E-state index is 5.28. The first kappa shape index (κ1) is 12.1. The molecule has 0 spiro atoms. The molecule has 90 valence electrons. The maximum absolute atomic E-state index is 5.28. The molecule has 0 radical (unpaired) electrons. The second kappa shape index (κ2) is 7.02. The summed E-state index contributed by atoms with van der Waals surface area (Å²) < 4.78 is 5.28. The van der Waals surface area contributed by atoms with E-state index >= 15 is 0 Å². The molecule has 1 saturated carbocycles. The van der Waals surface area contributed by atoms with Gasteiger partial charge in [-0.1, -0.05) is 12.8 Å². The first-order chi connectivity index (χ1) is 7.95. The average Bonchev–Trinajstić information content (AvgIpc) is 2.96. The summed E-state index contributed by atoms with van der Waals surface area (Å²) in [6.45, 7) is 2.35. The number of nitrogens with one attached hydrogen (secondary N) is 1. The molecular formula is C13H21NOS. The molecule has 1 aromatic heterocycles. The fraction of sp³-hybridized carbons (Fsp3) is 0.692. The third-order valence-corrected chi connectivity index (χ3v) is 4.14. The Hall–Kier alpha value is -0.410. The van der Waals surface area contributed by atoms with E-state index in [9.17, 15) is 0 Å². The lowest BCUT2D eigenvalue weighted by atomic mass is 10.1. The minimum absolute atomic E-state index is 0.954. The molecule has 1 aliphatic rings. The number of furan rings is 1. The van der Waals surface area contributed by atoms with Crippen molar-refractivity contribution in [1.82, 2.24) is 5.32 Å². The SMILES string of the molecule is c1coc(CSCCNCC2CCCC2)c1. The highest BCUT2D eigenvalue weighted by Crippen LogP contribution is 2.23. The van der Waals surface area contributed by atoms with E-state index in [-0.39, 0.29) is 0 Å². The van der Waals surface area contributed by atoms with E-state index in [1.807, 2.05) is 23.9 Å². The van der Waals surface area contributed by atoms with E-state index in [1.54, 1.807) is 6.26 Å². The van der Waals surface area contributed by atoms with Gasteiger partial charge < -0.3 is 9.73 Å². The van der Waals surface area contributed by atoms with E-state index in [0.717, 1.165) is 24.0 Å². The van der Waals surface area contributed by atoms with Gasteiger partial charge in [-0.25, -0.2) is 0 Å². The molecule has 0 atom stereocenters. The lowest BCUT2D eigenvalue weighted by Gasteiger charge is -2.09. The Morgan fingerprint density at radius 3 is 3.00 bits per heavy atom. The van der Waals surface area contributed by atoms with Crippen LogP contribution < -0.4 is 5.32 Å². The highest BCUT2D eigenvalue weighted by molar-refractivity contribution is 7.98. The molecule has 1 fully saturated rings. The van der Waals surface area contributed by atoms with Crippen LogP contribution in [0.1, 0.15) is 31.4 Å². The third-order valence-electron chi connectivity index (χ3n) is 3.16. The van der Waals surface area contributed by atoms with Gasteiger partial charge in [0.1, 0.15) is 5.76 Å². The fourth-order valence-corrected chi connectivity index (χ4v) is 3.03. The number of rotatable bonds is 7. The van der Waals surface area contributed by atoms with Crippen LogP contribution in [0.25, 0.3) is 0 Å². The van der Waals surface area contributed by atoms with Crippen LogP contribution in [0.15, 0.2) is 22.8 Å². The molecule has 3 heteroatoms. The monoisotopic (exact) mass is 239 g/mol. The second-order valence-corrected chi connectivity index (χ2v) is 5.59. The summed E-state index contributed by atoms with van der Waals surface area (Å²) in [5.41, 5.74) is 0. The smallest absolute Gasteiger partial charge is 0.113 e. The van der Waals surface area contributed by atoms with E-state index in [0.29, 0.717) is 0 Å². The summed E-state index contributed by atoms with van der Waals surface area (Å²) in [6.07, 6.45) is 7.51. The van der Waals surface area contributed by atoms with E-state index in [1.165, 1.54) is 38.0 Å². The topological polar surface area (TPSA) is 25.2 Å². The molecule has 0 saturated heterocycles. The van der Waals surface area contributed by atoms with Crippen LogP contribution in [0.5, 0.6) is 0 Å². The summed E-state index contributed by atoms with van der Waals surface area (Å²) >= 11 is 1.94. The molecule has 2 rings (SSSR count). The highest BCUT2D eigenvalue weighted by atomic mass is 32.2. The van der Waals surface area contributed by atoms with E-state index in [4.69, 9.17) is 4.42 Å². The minimum Gasteiger partial charge on any atom is -0.468 e. The maximum Gasteiger partial charge on any atom is 0.113 e. The number of hydrogen-bond donors (Lipinski definition) is 1. The van der Waals surface area contributed by atoms with Crippen LogP contribution in [0.3, 0.4) is 0 Å². The van der Waals surface area contributed by atoms with E-state index < -0.39 is 0 Å². The Labute approximate surface area is 102 Å². The van der Waals surface area contributed by atoms with Crippen LogP contribution in [0.4, 0.5) is 0 Å². The standard InChI is InChI=1S/C13H21NOS/c1-2-5-12(4-1)10-14-7-9-16-11-13-6-3-8-15-13/h3,6,8,12,14H,1-2,4-5,7,9-11H2. The third kappa shape index (κ3) is 4.22. The van der Waals surface area contributed by atoms with Gasteiger partial charge >= 0.3 is 0 Å². The molecule has 1 aliphatic carbocycles. The quantitative estimate of drug-likeness (QED) is 0.739. The Morgan fingerprint density at radius 1 is 1.38 bits per heavy atom. The molecule has 1 aromatic rings. The predicted octanol–water partition coefficient (Wildman–Crippen LogP) is 3.29. The van der Waals surface area contributed by atoms with Crippen molar-refractivity contribution >= 4 is 11.8 Å². The summed E-state index contributed by atoms with van der Waals surface area (Å²) in [5, 5.41) is 3.56. The zero-order valence-electron chi connectivity index (χ0n) is 9.78. The van der Waals surface area contributed by atoms with Crippen molar-refractivity contribution in [3.63, 3.8) is 0 Å². The summed E-state index contributed by atoms with van der Waals surface area (Å²) in [4.78, 5) is 0. The van der Waals surface area contributed by atoms with Crippen LogP contribution in [-0.4, -0.2) is 18.8 Å². The molecule has 1 N–H and O–H groups in total. The molecule has 0 aromatic carbocycles. The largest absolute Gasteiger partial charge is 0.468 e. The van der Waals surface area contributed by atoms with Gasteiger partial charge in [-0.3, -0.25) is 0 Å². The first-order valence-corrected chi connectivity index (χ1v) is 7.41. The average molecular weight is 239 g/mol. The molecule has 0 unspecified atom stereocenters. The van der Waals surface area contributed by atoms with Gasteiger partial charge in [0.2, 0.25) is 0 Å². The van der Waals surface area contributed by atoms with Gasteiger partial charge in [0.15, 0.2) is 0 Å². The van der Waals surface area contributed by atoms with Crippen LogP contribution in [0, 0.1) is 5.92 Å². The zero-order valence-corrected chi connectivity index (χ0v) is 10.6. The normalized spacial score (nSPS) is 17.0. The van der Waals surface area contributed by atoms with Crippen molar-refractivity contribution in [3.8, 4) is 0 Å². The van der Waals surface area contributed by atoms with Gasteiger partial charge in [-0.2, -0.15) is 11.8 Å². The highest BCUT2D eigenvalue weighted by Gasteiger charge is 2.13. The van der Waals surface area contributed by atoms with Gasteiger partial charge in [0, 0.05) is 12.3 Å². The van der Waals surface area contributed by atoms with Gasteiger partial charge in [-0.15, -0.1) is 0 Å². The molecule has 1 heterocycles. The van der Waals surface area contributed by atoms with Crippen molar-refractivity contribution in [1.29, 1.82) is 0 Å². The number of thioether (sulfide) groups is 1. The fourth-order valence-electron chi connectivity index (χ4n) is 2.23. The van der Waals surface area contributed by atoms with Crippen LogP contribution in [-0.2, 0) is 5.75 Å². The van der Waals surface area contributed by atoms with Crippen molar-refractivity contribution < 1.29 is 4.42 Å². The summed E-state index contributed by atoms with van der Waals surface area (Å²) in [7, 11) is 0. The second-order valence-electron chi connectivity index (χ2n) is 4.49. The summed E-state index contributed by atoms with van der Waals surface area (Å²) in [6, 6.07) is 3.99. The van der Waals surface area contributed by atoms with Crippen molar-refractivity contribution in [2.24, 2.45) is 5.92 Å². The molecule has 0 aliphatic heterocycles. The molecule has 0 amide bonds. The van der Waals surface area contributed by atoms with Crippen molar-refractivity contribution in [2.45, 2.75) is 31.4 Å². The van der Waals surface area contributed by atoms with Gasteiger partial charge in [0.05, 0.1) is 12.0 Å². The predicted molar refractivity (Wildman–Crippen MR) is 69.7 cm³/mol. The molecule has 0 bridgehead atoms. The van der Waals surface area contributed by atoms with Crippen LogP contribution >= 0.6 is 11.8 Å². The molecule has 2 nitrogen and oxygen atoms in total. The Balaban J connectivity index is 1.43.